The number of para-hydroxylation sites is 1. The van der Waals surface area contributed by atoms with Crippen molar-refractivity contribution in [3.63, 3.8) is 0 Å². The van der Waals surface area contributed by atoms with Gasteiger partial charge >= 0.3 is 0 Å². The zero-order chi connectivity index (χ0) is 16.8. The van der Waals surface area contributed by atoms with Crippen molar-refractivity contribution in [3.8, 4) is 5.75 Å². The molecule has 0 aliphatic carbocycles. The van der Waals surface area contributed by atoms with Crippen LogP contribution in [0, 0.1) is 0 Å². The first kappa shape index (κ1) is 20.1. The zero-order valence-corrected chi connectivity index (χ0v) is 15.5. The number of rotatable bonds is 14. The van der Waals surface area contributed by atoms with Crippen LogP contribution in [-0.2, 0) is 0 Å². The number of unbranched alkanes of at least 4 members (excludes halogenated alkanes) is 9. The third-order valence-corrected chi connectivity index (χ3v) is 4.92. The number of aromatic hydroxyl groups is 1. The van der Waals surface area contributed by atoms with Gasteiger partial charge in [0.1, 0.15) is 5.75 Å². The summed E-state index contributed by atoms with van der Waals surface area (Å²) in [6, 6.07) is 7.90. The normalized spacial score (nSPS) is 12.4. The van der Waals surface area contributed by atoms with E-state index in [1.807, 2.05) is 12.1 Å². The molecule has 0 aromatic heterocycles. The largest absolute Gasteiger partial charge is 0.508 e. The quantitative estimate of drug-likeness (QED) is 0.350. The first-order valence-electron chi connectivity index (χ1n) is 10.1. The second-order valence-corrected chi connectivity index (χ2v) is 7.02. The van der Waals surface area contributed by atoms with Gasteiger partial charge in [0.15, 0.2) is 0 Å². The molecule has 0 bridgehead atoms. The number of phenolic OH excluding ortho intramolecular Hbond substituents is 1. The lowest BCUT2D eigenvalue weighted by atomic mass is 9.88. The Bertz CT molecular complexity index is 385. The Labute approximate surface area is 144 Å². The van der Waals surface area contributed by atoms with E-state index in [-0.39, 0.29) is 0 Å². The van der Waals surface area contributed by atoms with Gasteiger partial charge in [-0.05, 0) is 30.4 Å². The summed E-state index contributed by atoms with van der Waals surface area (Å²) in [7, 11) is 0. The van der Waals surface area contributed by atoms with Crippen molar-refractivity contribution in [3.05, 3.63) is 29.8 Å². The Morgan fingerprint density at radius 2 is 1.26 bits per heavy atom. The lowest BCUT2D eigenvalue weighted by molar-refractivity contribution is 0.444. The van der Waals surface area contributed by atoms with Crippen LogP contribution in [0.1, 0.15) is 109 Å². The topological polar surface area (TPSA) is 20.2 Å². The number of hydrogen-bond acceptors (Lipinski definition) is 1. The molecule has 23 heavy (non-hydrogen) atoms. The van der Waals surface area contributed by atoms with E-state index in [2.05, 4.69) is 26.0 Å². The predicted octanol–water partition coefficient (Wildman–Crippen LogP) is 7.59. The predicted molar refractivity (Wildman–Crippen MR) is 102 cm³/mol. The van der Waals surface area contributed by atoms with Gasteiger partial charge in [-0.3, -0.25) is 0 Å². The molecule has 0 aliphatic rings. The van der Waals surface area contributed by atoms with Gasteiger partial charge in [-0.1, -0.05) is 103 Å². The summed E-state index contributed by atoms with van der Waals surface area (Å²) in [6.45, 7) is 4.52. The lowest BCUT2D eigenvalue weighted by Gasteiger charge is -2.17. The maximum absolute atomic E-state index is 10.1. The fraction of sp³-hybridized carbons (Fsp3) is 0.727. The van der Waals surface area contributed by atoms with Crippen LogP contribution < -0.4 is 0 Å². The summed E-state index contributed by atoms with van der Waals surface area (Å²) in [5, 5.41) is 10.1. The van der Waals surface area contributed by atoms with Gasteiger partial charge in [0.2, 0.25) is 0 Å². The first-order valence-corrected chi connectivity index (χ1v) is 10.1. The van der Waals surface area contributed by atoms with Crippen LogP contribution in [0.4, 0.5) is 0 Å². The Balaban J connectivity index is 2.13. The summed E-state index contributed by atoms with van der Waals surface area (Å²) in [5.74, 6) is 1.02. The van der Waals surface area contributed by atoms with Gasteiger partial charge in [-0.15, -0.1) is 0 Å². The smallest absolute Gasteiger partial charge is 0.119 e. The second kappa shape index (κ2) is 13.5. The van der Waals surface area contributed by atoms with E-state index in [4.69, 9.17) is 0 Å². The lowest BCUT2D eigenvalue weighted by Crippen LogP contribution is -1.99. The van der Waals surface area contributed by atoms with E-state index in [9.17, 15) is 5.11 Å². The van der Waals surface area contributed by atoms with Crippen LogP contribution in [0.15, 0.2) is 24.3 Å². The number of hydrogen-bond donors (Lipinski definition) is 1. The molecule has 1 unspecified atom stereocenters. The molecule has 0 fully saturated rings. The van der Waals surface area contributed by atoms with Crippen molar-refractivity contribution in [2.24, 2.45) is 0 Å². The Kier molecular flexibility index (Phi) is 11.7. The zero-order valence-electron chi connectivity index (χ0n) is 15.5. The molecule has 0 saturated carbocycles. The fourth-order valence-electron chi connectivity index (χ4n) is 3.51. The maximum Gasteiger partial charge on any atom is 0.119 e. The molecule has 0 radical (unpaired) electrons. The molecule has 1 atom stereocenters. The third-order valence-electron chi connectivity index (χ3n) is 4.92. The van der Waals surface area contributed by atoms with Crippen LogP contribution in [0.5, 0.6) is 5.75 Å². The molecule has 1 aromatic carbocycles. The molecule has 1 rings (SSSR count). The molecule has 0 saturated heterocycles. The van der Waals surface area contributed by atoms with Crippen LogP contribution in [0.25, 0.3) is 0 Å². The third kappa shape index (κ3) is 9.03. The number of benzene rings is 1. The first-order chi connectivity index (χ1) is 11.3. The molecule has 0 heterocycles. The Morgan fingerprint density at radius 1 is 0.696 bits per heavy atom. The summed E-state index contributed by atoms with van der Waals surface area (Å²) in [4.78, 5) is 0. The maximum atomic E-state index is 10.1. The highest BCUT2D eigenvalue weighted by atomic mass is 16.3. The Morgan fingerprint density at radius 3 is 1.83 bits per heavy atom. The van der Waals surface area contributed by atoms with Crippen molar-refractivity contribution < 1.29 is 5.11 Å². The molecule has 1 heteroatoms. The molecule has 0 spiro atoms. The summed E-state index contributed by atoms with van der Waals surface area (Å²) >= 11 is 0. The monoisotopic (exact) mass is 318 g/mol. The van der Waals surface area contributed by atoms with Gasteiger partial charge in [-0.2, -0.15) is 0 Å². The minimum absolute atomic E-state index is 0.484. The van der Waals surface area contributed by atoms with Crippen LogP contribution in [0.2, 0.25) is 0 Å². The Hall–Kier alpha value is -0.980. The summed E-state index contributed by atoms with van der Waals surface area (Å²) in [6.07, 6.45) is 17.5. The van der Waals surface area contributed by atoms with E-state index in [0.717, 1.165) is 5.56 Å². The van der Waals surface area contributed by atoms with Crippen LogP contribution >= 0.6 is 0 Å². The molecule has 1 aromatic rings. The van der Waals surface area contributed by atoms with Gasteiger partial charge in [0.25, 0.3) is 0 Å². The highest BCUT2D eigenvalue weighted by Gasteiger charge is 2.13. The van der Waals surface area contributed by atoms with Gasteiger partial charge in [0, 0.05) is 0 Å². The SMILES string of the molecule is CCCCCCCCCCCCC(CCC)c1ccccc1O. The highest BCUT2D eigenvalue weighted by molar-refractivity contribution is 5.34. The summed E-state index contributed by atoms with van der Waals surface area (Å²) in [5.41, 5.74) is 1.16. The van der Waals surface area contributed by atoms with Crippen molar-refractivity contribution in [1.82, 2.24) is 0 Å². The van der Waals surface area contributed by atoms with E-state index in [1.165, 1.54) is 83.5 Å². The highest BCUT2D eigenvalue weighted by Crippen LogP contribution is 2.33. The molecule has 1 nitrogen and oxygen atoms in total. The summed E-state index contributed by atoms with van der Waals surface area (Å²) < 4.78 is 0. The molecule has 132 valence electrons. The molecule has 1 N–H and O–H groups in total. The van der Waals surface area contributed by atoms with Crippen molar-refractivity contribution in [1.29, 1.82) is 0 Å². The minimum atomic E-state index is 0.484. The van der Waals surface area contributed by atoms with E-state index >= 15 is 0 Å². The van der Waals surface area contributed by atoms with E-state index in [0.29, 0.717) is 11.7 Å². The molecular weight excluding hydrogens is 280 g/mol. The molecule has 0 aliphatic heterocycles. The second-order valence-electron chi connectivity index (χ2n) is 7.02. The fourth-order valence-corrected chi connectivity index (χ4v) is 3.51. The van der Waals surface area contributed by atoms with E-state index < -0.39 is 0 Å². The average Bonchev–Trinajstić information content (AvgIpc) is 2.56. The van der Waals surface area contributed by atoms with E-state index in [1.54, 1.807) is 0 Å². The van der Waals surface area contributed by atoms with Crippen LogP contribution in [0.3, 0.4) is 0 Å². The number of phenols is 1. The molecular formula is C22H38O. The van der Waals surface area contributed by atoms with Crippen LogP contribution in [-0.4, -0.2) is 5.11 Å². The standard InChI is InChI=1S/C22H38O/c1-3-5-6-7-8-9-10-11-12-13-17-20(16-4-2)21-18-14-15-19-22(21)23/h14-15,18-20,23H,3-13,16-17H2,1-2H3. The van der Waals surface area contributed by atoms with Gasteiger partial charge < -0.3 is 5.11 Å². The van der Waals surface area contributed by atoms with Gasteiger partial charge in [0.05, 0.1) is 0 Å². The van der Waals surface area contributed by atoms with Crippen molar-refractivity contribution >= 4 is 0 Å². The molecule has 0 amide bonds. The van der Waals surface area contributed by atoms with Crippen molar-refractivity contribution in [2.75, 3.05) is 0 Å². The van der Waals surface area contributed by atoms with Crippen molar-refractivity contribution in [2.45, 2.75) is 103 Å². The van der Waals surface area contributed by atoms with Gasteiger partial charge in [-0.25, -0.2) is 0 Å². The minimum Gasteiger partial charge on any atom is -0.508 e. The average molecular weight is 319 g/mol.